The third kappa shape index (κ3) is 4.92. The van der Waals surface area contributed by atoms with Crippen molar-refractivity contribution in [2.24, 2.45) is 11.4 Å². The molecule has 0 radical (unpaired) electrons. The molecule has 0 aliphatic rings. The smallest absolute Gasteiger partial charge is 0.395 e. The van der Waals surface area contributed by atoms with Crippen LogP contribution in [0.1, 0.15) is 21.5 Å². The van der Waals surface area contributed by atoms with E-state index >= 15 is 0 Å². The second-order valence-corrected chi connectivity index (χ2v) is 11.2. The van der Waals surface area contributed by atoms with Crippen molar-refractivity contribution in [3.05, 3.63) is 89.9 Å². The molecule has 3 heterocycles. The van der Waals surface area contributed by atoms with Gasteiger partial charge in [-0.25, -0.2) is 4.21 Å². The number of fused-ring (bicyclic) bond motifs is 3. The van der Waals surface area contributed by atoms with Gasteiger partial charge < -0.3 is 5.11 Å². The molecule has 1 atom stereocenters. The Morgan fingerprint density at radius 2 is 1.87 bits per heavy atom. The molecule has 0 unspecified atom stereocenters. The Bertz CT molecular complexity index is 1770. The minimum atomic E-state index is -4.46. The lowest BCUT2D eigenvalue weighted by molar-refractivity contribution is -0.137. The van der Waals surface area contributed by atoms with E-state index in [0.717, 1.165) is 12.1 Å². The lowest BCUT2D eigenvalue weighted by Gasteiger charge is -2.10. The van der Waals surface area contributed by atoms with Crippen LogP contribution < -0.4 is 0 Å². The van der Waals surface area contributed by atoms with E-state index in [9.17, 15) is 27.3 Å². The number of hydrogen-bond donors (Lipinski definition) is 1. The van der Waals surface area contributed by atoms with Crippen LogP contribution in [0.4, 0.5) is 13.2 Å². The van der Waals surface area contributed by atoms with Crippen LogP contribution in [-0.4, -0.2) is 46.9 Å². The maximum Gasteiger partial charge on any atom is 0.416 e. The molecule has 0 aliphatic heterocycles. The molecule has 0 saturated heterocycles. The summed E-state index contributed by atoms with van der Waals surface area (Å²) in [5.74, 6) is -0.909. The summed E-state index contributed by atoms with van der Waals surface area (Å²) in [5.41, 5.74) is 1.66. The minimum absolute atomic E-state index is 0.0352. The Hall–Kier alpha value is -4.03. The summed E-state index contributed by atoms with van der Waals surface area (Å²) in [6, 6.07) is 12.9. The lowest BCUT2D eigenvalue weighted by Crippen LogP contribution is -2.15. The van der Waals surface area contributed by atoms with Gasteiger partial charge in [0, 0.05) is 47.7 Å². The fourth-order valence-electron chi connectivity index (χ4n) is 4.33. The Kier molecular flexibility index (Phi) is 6.53. The lowest BCUT2D eigenvalue weighted by atomic mass is 10.1. The van der Waals surface area contributed by atoms with Crippen LogP contribution in [-0.2, 0) is 28.7 Å². The van der Waals surface area contributed by atoms with Gasteiger partial charge >= 0.3 is 6.18 Å². The van der Waals surface area contributed by atoms with Crippen LogP contribution in [0.5, 0.6) is 0 Å². The van der Waals surface area contributed by atoms with Gasteiger partial charge in [-0.05, 0) is 54.1 Å². The van der Waals surface area contributed by atoms with E-state index in [2.05, 4.69) is 14.4 Å². The van der Waals surface area contributed by atoms with Gasteiger partial charge in [0.1, 0.15) is 0 Å². The maximum absolute atomic E-state index is 13.4. The number of aliphatic hydroxyl groups excluding tert-OH is 1. The maximum atomic E-state index is 13.4. The predicted octanol–water partition coefficient (Wildman–Crippen LogP) is 4.73. The van der Waals surface area contributed by atoms with E-state index < -0.39 is 34.0 Å². The third-order valence-corrected chi connectivity index (χ3v) is 8.13. The van der Waals surface area contributed by atoms with Gasteiger partial charge in [-0.2, -0.15) is 22.6 Å². The van der Waals surface area contributed by atoms with Gasteiger partial charge in [0.2, 0.25) is 0 Å². The third-order valence-electron chi connectivity index (χ3n) is 6.02. The number of alkyl halides is 3. The number of nitrogens with zero attached hydrogens (tertiary/aromatic N) is 5. The fourth-order valence-corrected chi connectivity index (χ4v) is 6.01. The SMILES string of the molecule is Cn1cc2c3cc(C(=O)N=[S@](=O)(CCO)Cc4cccnc4)ccc3n(-c3ccc(C(F)(F)F)cc3)c2n1. The quantitative estimate of drug-likeness (QED) is 0.335. The second-order valence-electron chi connectivity index (χ2n) is 8.75. The number of aryl methyl sites for hydroxylation is 1. The van der Waals surface area contributed by atoms with Crippen molar-refractivity contribution in [3.8, 4) is 5.69 Å². The molecule has 1 amide bonds. The average Bonchev–Trinajstić information content (AvgIpc) is 3.38. The first-order valence-electron chi connectivity index (χ1n) is 11.5. The molecule has 0 aliphatic carbocycles. The van der Waals surface area contributed by atoms with Crippen molar-refractivity contribution in [1.82, 2.24) is 19.3 Å². The Morgan fingerprint density at radius 1 is 1.11 bits per heavy atom. The Balaban J connectivity index is 1.59. The zero-order chi connectivity index (χ0) is 27.1. The van der Waals surface area contributed by atoms with E-state index in [0.29, 0.717) is 33.2 Å². The van der Waals surface area contributed by atoms with Gasteiger partial charge in [0.05, 0.1) is 38.9 Å². The highest BCUT2D eigenvalue weighted by atomic mass is 32.2. The number of carbonyl (C=O) groups is 1. The van der Waals surface area contributed by atoms with Crippen molar-refractivity contribution >= 4 is 37.6 Å². The largest absolute Gasteiger partial charge is 0.416 e. The van der Waals surface area contributed by atoms with Crippen molar-refractivity contribution < 1.29 is 27.3 Å². The van der Waals surface area contributed by atoms with Gasteiger partial charge in [-0.3, -0.25) is 19.0 Å². The zero-order valence-electron chi connectivity index (χ0n) is 20.1. The monoisotopic (exact) mass is 541 g/mol. The highest BCUT2D eigenvalue weighted by Crippen LogP contribution is 2.34. The minimum Gasteiger partial charge on any atom is -0.395 e. The summed E-state index contributed by atoms with van der Waals surface area (Å²) in [4.78, 5) is 17.1. The van der Waals surface area contributed by atoms with Crippen LogP contribution in [0.25, 0.3) is 27.6 Å². The standard InChI is InChI=1S/C26H22F3N5O3S/c1-33-15-22-21-13-18(25(36)32-38(37,12-11-35)16-17-3-2-10-30-14-17)4-9-23(21)34(24(22)31-33)20-7-5-19(6-8-20)26(27,28)29/h2-10,13-15,35H,11-12,16H2,1H3/t38-/m0/s1. The summed E-state index contributed by atoms with van der Waals surface area (Å²) in [5, 5.41) is 15.2. The predicted molar refractivity (Wildman–Crippen MR) is 137 cm³/mol. The van der Waals surface area contributed by atoms with Crippen molar-refractivity contribution in [2.45, 2.75) is 11.9 Å². The number of carbonyl (C=O) groups excluding carboxylic acids is 1. The molecular formula is C26H22F3N5O3S. The molecule has 3 aromatic heterocycles. The number of aliphatic hydroxyl groups is 1. The first-order chi connectivity index (χ1) is 18.1. The van der Waals surface area contributed by atoms with Crippen molar-refractivity contribution in [3.63, 3.8) is 0 Å². The van der Waals surface area contributed by atoms with Crippen LogP contribution in [0.3, 0.4) is 0 Å². The Morgan fingerprint density at radius 3 is 2.53 bits per heavy atom. The number of halogens is 3. The van der Waals surface area contributed by atoms with Crippen molar-refractivity contribution in [1.29, 1.82) is 0 Å². The van der Waals surface area contributed by atoms with E-state index in [1.54, 1.807) is 53.0 Å². The topological polar surface area (TPSA) is 102 Å². The normalized spacial score (nSPS) is 13.6. The molecule has 1 N–H and O–H groups in total. The molecule has 0 spiro atoms. The molecule has 0 saturated carbocycles. The van der Waals surface area contributed by atoms with E-state index in [4.69, 9.17) is 0 Å². The van der Waals surface area contributed by atoms with Crippen LogP contribution in [0, 0.1) is 0 Å². The molecule has 5 aromatic rings. The van der Waals surface area contributed by atoms with E-state index in [-0.39, 0.29) is 17.1 Å². The summed E-state index contributed by atoms with van der Waals surface area (Å²) in [6.45, 7) is -0.402. The van der Waals surface area contributed by atoms with E-state index in [1.165, 1.54) is 24.4 Å². The number of aromatic nitrogens is 4. The zero-order valence-corrected chi connectivity index (χ0v) is 20.9. The van der Waals surface area contributed by atoms with Crippen molar-refractivity contribution in [2.75, 3.05) is 12.4 Å². The summed E-state index contributed by atoms with van der Waals surface area (Å²) in [6.07, 6.45) is 0.403. The molecule has 0 fully saturated rings. The molecule has 196 valence electrons. The molecule has 0 bridgehead atoms. The fraction of sp³-hybridized carbons (Fsp3) is 0.192. The summed E-state index contributed by atoms with van der Waals surface area (Å²) in [7, 11) is -1.40. The number of pyridine rings is 1. The average molecular weight is 542 g/mol. The molecular weight excluding hydrogens is 519 g/mol. The Labute approximate surface area is 215 Å². The number of rotatable bonds is 6. The first-order valence-corrected chi connectivity index (χ1v) is 13.4. The number of hydrogen-bond acceptors (Lipinski definition) is 5. The van der Waals surface area contributed by atoms with E-state index in [1.807, 2.05) is 0 Å². The highest BCUT2D eigenvalue weighted by Gasteiger charge is 2.30. The molecule has 2 aromatic carbocycles. The number of benzene rings is 2. The van der Waals surface area contributed by atoms with Crippen LogP contribution >= 0.6 is 0 Å². The molecule has 8 nitrogen and oxygen atoms in total. The van der Waals surface area contributed by atoms with Gasteiger partial charge in [-0.15, -0.1) is 0 Å². The molecule has 5 rings (SSSR count). The van der Waals surface area contributed by atoms with Crippen LogP contribution in [0.15, 0.2) is 77.6 Å². The van der Waals surface area contributed by atoms with Gasteiger partial charge in [-0.1, -0.05) is 6.07 Å². The molecule has 38 heavy (non-hydrogen) atoms. The van der Waals surface area contributed by atoms with Crippen LogP contribution in [0.2, 0.25) is 0 Å². The second kappa shape index (κ2) is 9.69. The number of amides is 1. The highest BCUT2D eigenvalue weighted by molar-refractivity contribution is 7.93. The van der Waals surface area contributed by atoms with Gasteiger partial charge in [0.15, 0.2) is 5.65 Å². The summed E-state index contributed by atoms with van der Waals surface area (Å²) < 4.78 is 60.0. The van der Waals surface area contributed by atoms with Gasteiger partial charge in [0.25, 0.3) is 5.91 Å². The first kappa shape index (κ1) is 25.6. The summed E-state index contributed by atoms with van der Waals surface area (Å²) >= 11 is 0. The molecule has 12 heteroatoms.